The highest BCUT2D eigenvalue weighted by atomic mass is 35.5. The molecule has 1 aliphatic heterocycles. The second-order valence-corrected chi connectivity index (χ2v) is 10.0. The second-order valence-electron chi connectivity index (χ2n) is 8.70. The quantitative estimate of drug-likeness (QED) is 0.458. The Bertz CT molecular complexity index is 1160. The third-order valence-electron chi connectivity index (χ3n) is 6.41. The lowest BCUT2D eigenvalue weighted by atomic mass is 10.1. The van der Waals surface area contributed by atoms with Crippen LogP contribution < -0.4 is 4.74 Å². The van der Waals surface area contributed by atoms with Gasteiger partial charge in [-0.3, -0.25) is 9.69 Å². The molecule has 0 N–H and O–H groups in total. The zero-order valence-electron chi connectivity index (χ0n) is 18.4. The number of carbonyl (C=O) groups excluding carboxylic acids is 1. The molecule has 1 saturated heterocycles. The van der Waals surface area contributed by atoms with Crippen molar-refractivity contribution < 1.29 is 13.9 Å². The minimum absolute atomic E-state index is 0.0724. The average Bonchev–Trinajstić information content (AvgIpc) is 3.49. The number of carbonyl (C=O) groups is 1. The molecule has 0 saturated carbocycles. The van der Waals surface area contributed by atoms with E-state index in [-0.39, 0.29) is 11.7 Å². The Morgan fingerprint density at radius 3 is 2.67 bits per heavy atom. The lowest BCUT2D eigenvalue weighted by Gasteiger charge is -2.34. The Hall–Kier alpha value is -2.41. The van der Waals surface area contributed by atoms with E-state index >= 15 is 0 Å². The molecule has 1 aromatic heterocycles. The number of hydrogen-bond acceptors (Lipinski definition) is 4. The summed E-state index contributed by atoms with van der Waals surface area (Å²) in [4.78, 5) is 17.9. The lowest BCUT2D eigenvalue weighted by molar-refractivity contribution is 0.0633. The third kappa shape index (κ3) is 5.24. The maximum absolute atomic E-state index is 13.3. The maximum atomic E-state index is 13.3. The number of thiophene rings is 1. The Balaban J connectivity index is 1.12. The molecule has 4 nitrogen and oxygen atoms in total. The molecule has 1 fully saturated rings. The van der Waals surface area contributed by atoms with Crippen molar-refractivity contribution >= 4 is 28.8 Å². The number of aryl methyl sites for hydroxylation is 2. The first-order chi connectivity index (χ1) is 16.0. The van der Waals surface area contributed by atoms with Crippen molar-refractivity contribution in [2.24, 2.45) is 0 Å². The van der Waals surface area contributed by atoms with Crippen LogP contribution in [0.25, 0.3) is 0 Å². The van der Waals surface area contributed by atoms with Gasteiger partial charge in [-0.05, 0) is 71.7 Å². The van der Waals surface area contributed by atoms with Gasteiger partial charge < -0.3 is 9.64 Å². The van der Waals surface area contributed by atoms with Crippen LogP contribution in [0.4, 0.5) is 4.39 Å². The van der Waals surface area contributed by atoms with Crippen molar-refractivity contribution in [1.29, 1.82) is 0 Å². The number of amides is 1. The van der Waals surface area contributed by atoms with Crippen molar-refractivity contribution in [3.63, 3.8) is 0 Å². The highest BCUT2D eigenvalue weighted by molar-refractivity contribution is 7.12. The van der Waals surface area contributed by atoms with Gasteiger partial charge in [0.15, 0.2) is 0 Å². The third-order valence-corrected chi connectivity index (χ3v) is 7.73. The number of fused-ring (bicyclic) bond motifs is 1. The molecule has 0 radical (unpaired) electrons. The van der Waals surface area contributed by atoms with Crippen LogP contribution in [0, 0.1) is 5.82 Å². The predicted molar refractivity (Wildman–Crippen MR) is 130 cm³/mol. The minimum atomic E-state index is -0.327. The maximum Gasteiger partial charge on any atom is 0.264 e. The van der Waals surface area contributed by atoms with Gasteiger partial charge in [0.2, 0.25) is 0 Å². The molecule has 5 rings (SSSR count). The summed E-state index contributed by atoms with van der Waals surface area (Å²) in [7, 11) is 0. The minimum Gasteiger partial charge on any atom is -0.489 e. The van der Waals surface area contributed by atoms with E-state index in [4.69, 9.17) is 16.3 Å². The van der Waals surface area contributed by atoms with Crippen molar-refractivity contribution in [2.75, 3.05) is 26.2 Å². The van der Waals surface area contributed by atoms with Gasteiger partial charge in [0.25, 0.3) is 5.91 Å². The van der Waals surface area contributed by atoms with Crippen LogP contribution in [0.5, 0.6) is 5.75 Å². The van der Waals surface area contributed by atoms with Crippen molar-refractivity contribution in [3.05, 3.63) is 85.8 Å². The molecule has 7 heteroatoms. The number of rotatable bonds is 6. The SMILES string of the molecule is O=C(c1cc(COc2ccc3c(c2)CCC3)cs1)N1CCN(Cc2ccc(F)cc2Cl)CC1. The van der Waals surface area contributed by atoms with Crippen molar-refractivity contribution in [3.8, 4) is 5.75 Å². The fourth-order valence-corrected chi connectivity index (χ4v) is 5.61. The molecule has 3 aromatic rings. The number of nitrogens with zero attached hydrogens (tertiary/aromatic N) is 2. The molecular formula is C26H26ClFN2O2S. The number of piperazine rings is 1. The number of ether oxygens (including phenoxy) is 1. The first kappa shape index (κ1) is 22.4. The van der Waals surface area contributed by atoms with E-state index in [1.807, 2.05) is 22.4 Å². The van der Waals surface area contributed by atoms with E-state index in [0.717, 1.165) is 41.3 Å². The molecule has 1 amide bonds. The van der Waals surface area contributed by atoms with Crippen LogP contribution >= 0.6 is 22.9 Å². The number of hydrogen-bond donors (Lipinski definition) is 0. The zero-order valence-corrected chi connectivity index (χ0v) is 19.9. The molecule has 0 unspecified atom stereocenters. The summed E-state index contributed by atoms with van der Waals surface area (Å²) in [5.41, 5.74) is 4.76. The topological polar surface area (TPSA) is 32.8 Å². The van der Waals surface area contributed by atoms with Gasteiger partial charge in [0.05, 0.1) is 4.88 Å². The Morgan fingerprint density at radius 1 is 1.03 bits per heavy atom. The largest absolute Gasteiger partial charge is 0.489 e. The highest BCUT2D eigenvalue weighted by Crippen LogP contribution is 2.27. The fourth-order valence-electron chi connectivity index (χ4n) is 4.52. The van der Waals surface area contributed by atoms with E-state index in [1.165, 1.54) is 47.4 Å². The Kier molecular flexibility index (Phi) is 6.67. The van der Waals surface area contributed by atoms with Crippen molar-refractivity contribution in [2.45, 2.75) is 32.4 Å². The van der Waals surface area contributed by atoms with Gasteiger partial charge in [0, 0.05) is 43.3 Å². The molecule has 0 spiro atoms. The standard InChI is InChI=1S/C26H26ClFN2O2S/c27-24-14-22(28)6-4-21(24)15-29-8-10-30(11-9-29)26(31)25-12-18(17-33-25)16-32-23-7-5-19-2-1-3-20(19)13-23/h4-7,12-14,17H,1-3,8-11,15-16H2. The van der Waals surface area contributed by atoms with Gasteiger partial charge in [-0.1, -0.05) is 23.7 Å². The van der Waals surface area contributed by atoms with Gasteiger partial charge in [-0.2, -0.15) is 0 Å². The molecule has 2 aromatic carbocycles. The first-order valence-electron chi connectivity index (χ1n) is 11.3. The number of benzene rings is 2. The summed E-state index contributed by atoms with van der Waals surface area (Å²) in [6.07, 6.45) is 3.52. The van der Waals surface area contributed by atoms with E-state index in [1.54, 1.807) is 6.07 Å². The first-order valence-corrected chi connectivity index (χ1v) is 12.6. The summed E-state index contributed by atoms with van der Waals surface area (Å²) >= 11 is 7.64. The molecule has 2 heterocycles. The van der Waals surface area contributed by atoms with E-state index in [9.17, 15) is 9.18 Å². The smallest absolute Gasteiger partial charge is 0.264 e. The Morgan fingerprint density at radius 2 is 1.85 bits per heavy atom. The molecule has 172 valence electrons. The Labute approximate surface area is 202 Å². The summed E-state index contributed by atoms with van der Waals surface area (Å²) in [6, 6.07) is 12.8. The van der Waals surface area contributed by atoms with Crippen LogP contribution in [0.3, 0.4) is 0 Å². The molecular weight excluding hydrogens is 459 g/mol. The van der Waals surface area contributed by atoms with Crippen LogP contribution in [-0.2, 0) is 26.0 Å². The summed E-state index contributed by atoms with van der Waals surface area (Å²) in [5, 5.41) is 2.45. The van der Waals surface area contributed by atoms with Crippen molar-refractivity contribution in [1.82, 2.24) is 9.80 Å². The van der Waals surface area contributed by atoms with Crippen LogP contribution in [0.1, 0.15) is 38.3 Å². The fraction of sp³-hybridized carbons (Fsp3) is 0.346. The number of halogens is 2. The lowest BCUT2D eigenvalue weighted by Crippen LogP contribution is -2.48. The molecule has 2 aliphatic rings. The van der Waals surface area contributed by atoms with Gasteiger partial charge in [-0.25, -0.2) is 4.39 Å². The van der Waals surface area contributed by atoms with Crippen LogP contribution in [0.15, 0.2) is 47.8 Å². The molecule has 0 atom stereocenters. The normalized spacial score (nSPS) is 16.1. The summed E-state index contributed by atoms with van der Waals surface area (Å²) in [6.45, 7) is 3.98. The predicted octanol–water partition coefficient (Wildman–Crippen LogP) is 5.57. The zero-order chi connectivity index (χ0) is 22.8. The average molecular weight is 485 g/mol. The molecule has 0 bridgehead atoms. The molecule has 1 aliphatic carbocycles. The highest BCUT2D eigenvalue weighted by Gasteiger charge is 2.24. The van der Waals surface area contributed by atoms with Gasteiger partial charge in [-0.15, -0.1) is 11.3 Å². The summed E-state index contributed by atoms with van der Waals surface area (Å²) < 4.78 is 19.2. The van der Waals surface area contributed by atoms with Crippen LogP contribution in [-0.4, -0.2) is 41.9 Å². The van der Waals surface area contributed by atoms with Crippen LogP contribution in [0.2, 0.25) is 5.02 Å². The van der Waals surface area contributed by atoms with E-state index < -0.39 is 0 Å². The van der Waals surface area contributed by atoms with Gasteiger partial charge >= 0.3 is 0 Å². The summed E-state index contributed by atoms with van der Waals surface area (Å²) in [5.74, 6) is 0.641. The van der Waals surface area contributed by atoms with Gasteiger partial charge in [0.1, 0.15) is 18.2 Å². The second kappa shape index (κ2) is 9.84. The monoisotopic (exact) mass is 484 g/mol. The molecule has 33 heavy (non-hydrogen) atoms. The van der Waals surface area contributed by atoms with E-state index in [0.29, 0.717) is 31.3 Å². The van der Waals surface area contributed by atoms with E-state index in [2.05, 4.69) is 17.0 Å².